The maximum absolute atomic E-state index is 11.8. The van der Waals surface area contributed by atoms with Gasteiger partial charge in [-0.2, -0.15) is 5.10 Å². The van der Waals surface area contributed by atoms with Gasteiger partial charge in [-0.05, 0) is 12.8 Å². The van der Waals surface area contributed by atoms with Crippen molar-refractivity contribution in [3.05, 3.63) is 11.9 Å². The van der Waals surface area contributed by atoms with E-state index in [4.69, 9.17) is 5.73 Å². The van der Waals surface area contributed by atoms with Gasteiger partial charge in [0, 0.05) is 13.2 Å². The average Bonchev–Trinajstić information content (AvgIpc) is 2.66. The maximum atomic E-state index is 11.8. The summed E-state index contributed by atoms with van der Waals surface area (Å²) >= 11 is 0. The number of carbonyl (C=O) groups excluding carboxylic acids is 1. The second-order valence-corrected chi connectivity index (χ2v) is 4.25. The van der Waals surface area contributed by atoms with Crippen LogP contribution in [0.4, 0.5) is 5.69 Å². The minimum atomic E-state index is -0.431. The van der Waals surface area contributed by atoms with E-state index in [1.807, 2.05) is 20.2 Å². The Hall–Kier alpha value is -1.36. The van der Waals surface area contributed by atoms with Crippen LogP contribution < -0.4 is 11.1 Å². The number of anilines is 1. The van der Waals surface area contributed by atoms with Crippen LogP contribution in [-0.4, -0.2) is 21.7 Å². The second-order valence-electron chi connectivity index (χ2n) is 4.25. The molecule has 0 radical (unpaired) electrons. The van der Waals surface area contributed by atoms with Crippen molar-refractivity contribution >= 4 is 11.6 Å². The largest absolute Gasteiger partial charge is 0.322 e. The zero-order chi connectivity index (χ0) is 12.8. The minimum Gasteiger partial charge on any atom is -0.322 e. The molecule has 0 aliphatic rings. The maximum Gasteiger partial charge on any atom is 0.241 e. The SMILES string of the molecule is CCCCC(N)C(=O)Nc1cn(C)nc1CC. The number of amides is 1. The van der Waals surface area contributed by atoms with Gasteiger partial charge in [0.15, 0.2) is 0 Å². The van der Waals surface area contributed by atoms with Gasteiger partial charge in [0.25, 0.3) is 0 Å². The van der Waals surface area contributed by atoms with Gasteiger partial charge in [0.05, 0.1) is 17.4 Å². The van der Waals surface area contributed by atoms with Crippen molar-refractivity contribution in [3.63, 3.8) is 0 Å². The fraction of sp³-hybridized carbons (Fsp3) is 0.667. The average molecular weight is 238 g/mol. The van der Waals surface area contributed by atoms with Crippen LogP contribution in [0.5, 0.6) is 0 Å². The van der Waals surface area contributed by atoms with Crippen LogP contribution in [0.15, 0.2) is 6.20 Å². The molecule has 5 nitrogen and oxygen atoms in total. The molecule has 0 spiro atoms. The molecule has 5 heteroatoms. The van der Waals surface area contributed by atoms with E-state index in [9.17, 15) is 4.79 Å². The fourth-order valence-electron chi connectivity index (χ4n) is 1.68. The summed E-state index contributed by atoms with van der Waals surface area (Å²) in [5, 5.41) is 7.11. The van der Waals surface area contributed by atoms with Crippen LogP contribution in [0, 0.1) is 0 Å². The van der Waals surface area contributed by atoms with E-state index in [1.165, 1.54) is 0 Å². The molecule has 17 heavy (non-hydrogen) atoms. The van der Waals surface area contributed by atoms with Crippen molar-refractivity contribution in [2.24, 2.45) is 12.8 Å². The Kier molecular flexibility index (Phi) is 5.15. The molecule has 3 N–H and O–H groups in total. The van der Waals surface area contributed by atoms with Crippen molar-refractivity contribution in [1.82, 2.24) is 9.78 Å². The molecule has 0 bridgehead atoms. The van der Waals surface area contributed by atoms with E-state index < -0.39 is 6.04 Å². The van der Waals surface area contributed by atoms with E-state index in [-0.39, 0.29) is 5.91 Å². The zero-order valence-corrected chi connectivity index (χ0v) is 10.9. The molecule has 0 aliphatic heterocycles. The highest BCUT2D eigenvalue weighted by atomic mass is 16.2. The van der Waals surface area contributed by atoms with Gasteiger partial charge >= 0.3 is 0 Å². The molecule has 1 aromatic rings. The third-order valence-electron chi connectivity index (χ3n) is 2.70. The first-order valence-corrected chi connectivity index (χ1v) is 6.17. The predicted octanol–water partition coefficient (Wildman–Crippen LogP) is 1.44. The number of nitrogens with zero attached hydrogens (tertiary/aromatic N) is 2. The summed E-state index contributed by atoms with van der Waals surface area (Å²) in [6.45, 7) is 4.09. The highest BCUT2D eigenvalue weighted by molar-refractivity contribution is 5.95. The lowest BCUT2D eigenvalue weighted by atomic mass is 10.1. The third-order valence-corrected chi connectivity index (χ3v) is 2.70. The molecule has 1 amide bonds. The number of hydrogen-bond acceptors (Lipinski definition) is 3. The smallest absolute Gasteiger partial charge is 0.241 e. The molecule has 0 saturated heterocycles. The number of aryl methyl sites for hydroxylation is 2. The molecule has 0 aromatic carbocycles. The Labute approximate surface area is 102 Å². The van der Waals surface area contributed by atoms with Crippen LogP contribution in [0.25, 0.3) is 0 Å². The minimum absolute atomic E-state index is 0.124. The van der Waals surface area contributed by atoms with Gasteiger partial charge in [-0.25, -0.2) is 0 Å². The first-order valence-electron chi connectivity index (χ1n) is 6.17. The number of hydrogen-bond donors (Lipinski definition) is 2. The van der Waals surface area contributed by atoms with Gasteiger partial charge in [-0.15, -0.1) is 0 Å². The van der Waals surface area contributed by atoms with Crippen LogP contribution in [0.2, 0.25) is 0 Å². The van der Waals surface area contributed by atoms with Crippen LogP contribution in [0.3, 0.4) is 0 Å². The second kappa shape index (κ2) is 6.39. The lowest BCUT2D eigenvalue weighted by molar-refractivity contribution is -0.117. The number of nitrogens with one attached hydrogen (secondary N) is 1. The number of unbranched alkanes of at least 4 members (excludes halogenated alkanes) is 1. The van der Waals surface area contributed by atoms with Gasteiger partial charge < -0.3 is 11.1 Å². The molecule has 1 aromatic heterocycles. The van der Waals surface area contributed by atoms with Crippen LogP contribution in [-0.2, 0) is 18.3 Å². The lowest BCUT2D eigenvalue weighted by Gasteiger charge is -2.11. The molecular formula is C12H22N4O. The molecule has 0 fully saturated rings. The van der Waals surface area contributed by atoms with E-state index in [0.29, 0.717) is 0 Å². The van der Waals surface area contributed by atoms with Gasteiger partial charge in [0.1, 0.15) is 0 Å². The highest BCUT2D eigenvalue weighted by Crippen LogP contribution is 2.14. The summed E-state index contributed by atoms with van der Waals surface area (Å²) in [7, 11) is 1.84. The van der Waals surface area contributed by atoms with Crippen LogP contribution in [0.1, 0.15) is 38.8 Å². The summed E-state index contributed by atoms with van der Waals surface area (Å²) in [5.74, 6) is -0.124. The molecule has 1 atom stereocenters. The van der Waals surface area contributed by atoms with Crippen LogP contribution >= 0.6 is 0 Å². The Morgan fingerprint density at radius 2 is 2.29 bits per heavy atom. The number of rotatable bonds is 6. The lowest BCUT2D eigenvalue weighted by Crippen LogP contribution is -2.35. The predicted molar refractivity (Wildman–Crippen MR) is 68.7 cm³/mol. The molecular weight excluding hydrogens is 216 g/mol. The van der Waals surface area contributed by atoms with Crippen molar-refractivity contribution in [2.75, 3.05) is 5.32 Å². The summed E-state index contributed by atoms with van der Waals surface area (Å²) in [5.41, 5.74) is 7.47. The van der Waals surface area contributed by atoms with Crippen molar-refractivity contribution in [3.8, 4) is 0 Å². The van der Waals surface area contributed by atoms with E-state index in [0.717, 1.165) is 37.1 Å². The molecule has 96 valence electrons. The molecule has 1 rings (SSSR count). The van der Waals surface area contributed by atoms with E-state index >= 15 is 0 Å². The monoisotopic (exact) mass is 238 g/mol. The summed E-state index contributed by atoms with van der Waals surface area (Å²) < 4.78 is 1.70. The van der Waals surface area contributed by atoms with Crippen molar-refractivity contribution in [1.29, 1.82) is 0 Å². The summed E-state index contributed by atoms with van der Waals surface area (Å²) in [6, 6.07) is -0.431. The Bertz CT molecular complexity index is 373. The topological polar surface area (TPSA) is 72.9 Å². The Morgan fingerprint density at radius 3 is 2.88 bits per heavy atom. The first kappa shape index (κ1) is 13.7. The van der Waals surface area contributed by atoms with Gasteiger partial charge in [0.2, 0.25) is 5.91 Å². The zero-order valence-electron chi connectivity index (χ0n) is 10.9. The Balaban J connectivity index is 2.60. The Morgan fingerprint density at radius 1 is 1.59 bits per heavy atom. The summed E-state index contributed by atoms with van der Waals surface area (Å²) in [4.78, 5) is 11.8. The number of aromatic nitrogens is 2. The highest BCUT2D eigenvalue weighted by Gasteiger charge is 2.15. The van der Waals surface area contributed by atoms with Crippen molar-refractivity contribution < 1.29 is 4.79 Å². The quantitative estimate of drug-likeness (QED) is 0.787. The van der Waals surface area contributed by atoms with Gasteiger partial charge in [-0.1, -0.05) is 26.7 Å². The number of nitrogens with two attached hydrogens (primary N) is 1. The summed E-state index contributed by atoms with van der Waals surface area (Å²) in [6.07, 6.45) is 5.35. The standard InChI is InChI=1S/C12H22N4O/c1-4-6-7-9(13)12(17)14-11-8-16(3)15-10(11)5-2/h8-9H,4-7,13H2,1-3H3,(H,14,17). The third kappa shape index (κ3) is 3.85. The molecule has 1 unspecified atom stereocenters. The molecule has 0 aliphatic carbocycles. The van der Waals surface area contributed by atoms with E-state index in [1.54, 1.807) is 4.68 Å². The van der Waals surface area contributed by atoms with E-state index in [2.05, 4.69) is 17.3 Å². The molecule has 0 saturated carbocycles. The first-order chi connectivity index (χ1) is 8.08. The van der Waals surface area contributed by atoms with Crippen molar-refractivity contribution in [2.45, 2.75) is 45.6 Å². The normalized spacial score (nSPS) is 12.5. The van der Waals surface area contributed by atoms with Gasteiger partial charge in [-0.3, -0.25) is 9.48 Å². The number of carbonyl (C=O) groups is 1. The molecule has 1 heterocycles. The fourth-order valence-corrected chi connectivity index (χ4v) is 1.68.